The Bertz CT molecular complexity index is 848. The molecule has 0 heterocycles. The van der Waals surface area contributed by atoms with Gasteiger partial charge in [-0.2, -0.15) is 0 Å². The second-order valence-corrected chi connectivity index (χ2v) is 6.75. The molecule has 134 valence electrons. The van der Waals surface area contributed by atoms with Crippen LogP contribution in [0.2, 0.25) is 0 Å². The van der Waals surface area contributed by atoms with Crippen molar-refractivity contribution in [1.82, 2.24) is 0 Å². The highest BCUT2D eigenvalue weighted by Crippen LogP contribution is 2.22. The van der Waals surface area contributed by atoms with Crippen molar-refractivity contribution in [3.63, 3.8) is 0 Å². The summed E-state index contributed by atoms with van der Waals surface area (Å²) in [5.74, 6) is 0.311. The average Bonchev–Trinajstić information content (AvgIpc) is 2.59. The molecule has 0 bridgehead atoms. The lowest BCUT2D eigenvalue weighted by atomic mass is 10.1. The highest BCUT2D eigenvalue weighted by Gasteiger charge is 2.12. The number of sulfonamides is 1. The maximum absolute atomic E-state index is 12.4. The summed E-state index contributed by atoms with van der Waals surface area (Å²) in [6.45, 7) is 2.77. The number of amides is 1. The van der Waals surface area contributed by atoms with Gasteiger partial charge in [0.15, 0.2) is 0 Å². The first-order valence-electron chi connectivity index (χ1n) is 7.54. The van der Waals surface area contributed by atoms with E-state index in [0.717, 1.165) is 5.56 Å². The number of methoxy groups -OCH3 is 1. The predicted molar refractivity (Wildman–Crippen MR) is 94.1 cm³/mol. The van der Waals surface area contributed by atoms with Crippen LogP contribution in [0.1, 0.15) is 22.8 Å². The molecule has 7 nitrogen and oxygen atoms in total. The van der Waals surface area contributed by atoms with Crippen LogP contribution in [0.15, 0.2) is 47.4 Å². The van der Waals surface area contributed by atoms with E-state index in [9.17, 15) is 13.2 Å². The first-order valence-corrected chi connectivity index (χ1v) is 9.08. The third-order valence-electron chi connectivity index (χ3n) is 3.44. The first kappa shape index (κ1) is 18.9. The zero-order valence-corrected chi connectivity index (χ0v) is 14.8. The summed E-state index contributed by atoms with van der Waals surface area (Å²) in [5, 5.41) is 7.75. The molecule has 25 heavy (non-hydrogen) atoms. The molecule has 1 amide bonds. The van der Waals surface area contributed by atoms with Crippen molar-refractivity contribution < 1.29 is 22.7 Å². The van der Waals surface area contributed by atoms with Gasteiger partial charge in [0.05, 0.1) is 18.6 Å². The average molecular weight is 364 g/mol. The van der Waals surface area contributed by atoms with E-state index in [1.54, 1.807) is 25.3 Å². The van der Waals surface area contributed by atoms with Gasteiger partial charge < -0.3 is 14.8 Å². The topological polar surface area (TPSA) is 108 Å². The molecule has 0 fully saturated rings. The summed E-state index contributed by atoms with van der Waals surface area (Å²) in [7, 11) is -2.21. The van der Waals surface area contributed by atoms with Crippen molar-refractivity contribution >= 4 is 21.6 Å². The lowest BCUT2D eigenvalue weighted by molar-refractivity contribution is 0.102. The fraction of sp³-hybridized carbons (Fsp3) is 0.235. The molecule has 0 aliphatic carbocycles. The molecule has 0 unspecified atom stereocenters. The molecule has 0 atom stereocenters. The van der Waals surface area contributed by atoms with Crippen molar-refractivity contribution in [3.05, 3.63) is 53.6 Å². The van der Waals surface area contributed by atoms with Crippen LogP contribution in [0.25, 0.3) is 0 Å². The molecule has 2 aromatic carbocycles. The fourth-order valence-corrected chi connectivity index (χ4v) is 2.69. The van der Waals surface area contributed by atoms with Gasteiger partial charge in [-0.3, -0.25) is 4.79 Å². The molecule has 0 saturated carbocycles. The van der Waals surface area contributed by atoms with Gasteiger partial charge in [0.1, 0.15) is 5.75 Å². The van der Waals surface area contributed by atoms with Crippen molar-refractivity contribution in [3.8, 4) is 5.75 Å². The third kappa shape index (κ3) is 5.02. The number of ether oxygens (including phenoxy) is 2. The standard InChI is InChI=1S/C17H20N2O5S/c1-3-24-11-13-10-12(4-9-16(13)23-2)17(20)19-14-5-7-15(8-6-14)25(18,21)22/h4-10H,3,11H2,1-2H3,(H,19,20)(H2,18,21,22). The van der Waals surface area contributed by atoms with Crippen molar-refractivity contribution in [2.24, 2.45) is 5.14 Å². The van der Waals surface area contributed by atoms with Gasteiger partial charge in [-0.15, -0.1) is 0 Å². The lowest BCUT2D eigenvalue weighted by Crippen LogP contribution is -2.14. The van der Waals surface area contributed by atoms with E-state index < -0.39 is 10.0 Å². The van der Waals surface area contributed by atoms with E-state index in [1.165, 1.54) is 24.3 Å². The summed E-state index contributed by atoms with van der Waals surface area (Å²) in [5.41, 5.74) is 1.66. The summed E-state index contributed by atoms with van der Waals surface area (Å²) in [4.78, 5) is 12.4. The number of carbonyl (C=O) groups is 1. The number of primary sulfonamides is 1. The largest absolute Gasteiger partial charge is 0.496 e. The molecule has 3 N–H and O–H groups in total. The maximum atomic E-state index is 12.4. The number of hydrogen-bond acceptors (Lipinski definition) is 5. The molecule has 0 aliphatic heterocycles. The molecule has 2 aromatic rings. The Hall–Kier alpha value is -2.42. The lowest BCUT2D eigenvalue weighted by Gasteiger charge is -2.11. The number of benzene rings is 2. The Morgan fingerprint density at radius 1 is 1.16 bits per heavy atom. The van der Waals surface area contributed by atoms with E-state index in [-0.39, 0.29) is 10.8 Å². The van der Waals surface area contributed by atoms with Crippen LogP contribution in [0.3, 0.4) is 0 Å². The molecule has 8 heteroatoms. The van der Waals surface area contributed by atoms with Crippen LogP contribution in [0.4, 0.5) is 5.69 Å². The monoisotopic (exact) mass is 364 g/mol. The molecule has 0 saturated heterocycles. The van der Waals surface area contributed by atoms with Crippen molar-refractivity contribution in [2.45, 2.75) is 18.4 Å². The van der Waals surface area contributed by atoms with Crippen LogP contribution in [-0.4, -0.2) is 28.0 Å². The minimum atomic E-state index is -3.76. The van der Waals surface area contributed by atoms with Crippen LogP contribution in [-0.2, 0) is 21.4 Å². The number of rotatable bonds is 7. The van der Waals surface area contributed by atoms with Gasteiger partial charge in [0.25, 0.3) is 5.91 Å². The van der Waals surface area contributed by atoms with Crippen LogP contribution < -0.4 is 15.2 Å². The predicted octanol–water partition coefficient (Wildman–Crippen LogP) is 2.13. The zero-order chi connectivity index (χ0) is 18.4. The minimum Gasteiger partial charge on any atom is -0.496 e. The zero-order valence-electron chi connectivity index (χ0n) is 14.0. The molecule has 2 rings (SSSR count). The maximum Gasteiger partial charge on any atom is 0.255 e. The number of nitrogens with two attached hydrogens (primary N) is 1. The van der Waals surface area contributed by atoms with Crippen LogP contribution in [0, 0.1) is 0 Å². The van der Waals surface area contributed by atoms with Gasteiger partial charge in [0.2, 0.25) is 10.0 Å². The summed E-state index contributed by atoms with van der Waals surface area (Å²) >= 11 is 0. The molecule has 0 aromatic heterocycles. The molecule has 0 aliphatic rings. The van der Waals surface area contributed by atoms with Crippen molar-refractivity contribution in [2.75, 3.05) is 19.0 Å². The number of carbonyl (C=O) groups excluding carboxylic acids is 1. The van der Waals surface area contributed by atoms with Gasteiger partial charge in [0, 0.05) is 23.4 Å². The highest BCUT2D eigenvalue weighted by molar-refractivity contribution is 7.89. The van der Waals surface area contributed by atoms with Gasteiger partial charge in [-0.05, 0) is 49.4 Å². The van der Waals surface area contributed by atoms with Gasteiger partial charge in [-0.1, -0.05) is 0 Å². The fourth-order valence-electron chi connectivity index (χ4n) is 2.18. The van der Waals surface area contributed by atoms with Crippen molar-refractivity contribution in [1.29, 1.82) is 0 Å². The van der Waals surface area contributed by atoms with Crippen LogP contribution in [0.5, 0.6) is 5.75 Å². The minimum absolute atomic E-state index is 0.0195. The highest BCUT2D eigenvalue weighted by atomic mass is 32.2. The summed E-state index contributed by atoms with van der Waals surface area (Å²) in [6, 6.07) is 10.7. The number of hydrogen-bond donors (Lipinski definition) is 2. The van der Waals surface area contributed by atoms with E-state index in [1.807, 2.05) is 6.92 Å². The second-order valence-electron chi connectivity index (χ2n) is 5.19. The van der Waals surface area contributed by atoms with E-state index in [0.29, 0.717) is 30.2 Å². The third-order valence-corrected chi connectivity index (χ3v) is 4.37. The van der Waals surface area contributed by atoms with E-state index >= 15 is 0 Å². The van der Waals surface area contributed by atoms with E-state index in [2.05, 4.69) is 5.32 Å². The second kappa shape index (κ2) is 8.11. The summed E-state index contributed by atoms with van der Waals surface area (Å²) < 4.78 is 33.1. The summed E-state index contributed by atoms with van der Waals surface area (Å²) in [6.07, 6.45) is 0. The Morgan fingerprint density at radius 2 is 1.84 bits per heavy atom. The Balaban J connectivity index is 2.17. The number of anilines is 1. The number of nitrogens with one attached hydrogen (secondary N) is 1. The van der Waals surface area contributed by atoms with Gasteiger partial charge >= 0.3 is 0 Å². The molecular weight excluding hydrogens is 344 g/mol. The Kier molecular flexibility index (Phi) is 6.13. The van der Waals surface area contributed by atoms with E-state index in [4.69, 9.17) is 14.6 Å². The first-order chi connectivity index (χ1) is 11.8. The SMILES string of the molecule is CCOCc1cc(C(=O)Nc2ccc(S(N)(=O)=O)cc2)ccc1OC. The Labute approximate surface area is 146 Å². The smallest absolute Gasteiger partial charge is 0.255 e. The molecular formula is C17H20N2O5S. The Morgan fingerprint density at radius 3 is 2.40 bits per heavy atom. The quantitative estimate of drug-likeness (QED) is 0.782. The molecule has 0 spiro atoms. The van der Waals surface area contributed by atoms with Crippen LogP contribution >= 0.6 is 0 Å². The molecule has 0 radical (unpaired) electrons. The normalized spacial score (nSPS) is 11.2. The van der Waals surface area contributed by atoms with Gasteiger partial charge in [-0.25, -0.2) is 13.6 Å².